The third kappa shape index (κ3) is 2.89. The molecule has 6 nitrogen and oxygen atoms in total. The van der Waals surface area contributed by atoms with Crippen LogP contribution in [0.3, 0.4) is 0 Å². The van der Waals surface area contributed by atoms with Crippen LogP contribution in [0.5, 0.6) is 0 Å². The van der Waals surface area contributed by atoms with E-state index in [2.05, 4.69) is 15.5 Å². The number of amides is 1. The molecule has 0 aliphatic carbocycles. The molecule has 1 atom stereocenters. The molecule has 1 aromatic carbocycles. The van der Waals surface area contributed by atoms with Gasteiger partial charge in [-0.1, -0.05) is 30.3 Å². The van der Waals surface area contributed by atoms with E-state index in [9.17, 15) is 4.79 Å². The average Bonchev–Trinajstić information content (AvgIpc) is 2.92. The molecule has 0 spiro atoms. The summed E-state index contributed by atoms with van der Waals surface area (Å²) in [7, 11) is 0. The van der Waals surface area contributed by atoms with Gasteiger partial charge in [-0.3, -0.25) is 0 Å². The van der Waals surface area contributed by atoms with E-state index in [0.717, 1.165) is 12.0 Å². The van der Waals surface area contributed by atoms with Gasteiger partial charge in [-0.05, 0) is 5.56 Å². The number of ether oxygens (including phenoxy) is 1. The van der Waals surface area contributed by atoms with E-state index in [1.165, 1.54) is 0 Å². The van der Waals surface area contributed by atoms with Crippen molar-refractivity contribution < 1.29 is 13.9 Å². The predicted molar refractivity (Wildman–Crippen MR) is 74.6 cm³/mol. The maximum Gasteiger partial charge on any atom is 0.408 e. The minimum absolute atomic E-state index is 0.383. The number of benzene rings is 1. The first-order chi connectivity index (χ1) is 10.2. The number of nitrogens with one attached hydrogen (secondary N) is 1. The molecule has 110 valence electrons. The number of aryl methyl sites for hydroxylation is 2. The number of hydrogen-bond donors (Lipinski definition) is 1. The molecular weight excluding hydrogens is 270 g/mol. The molecule has 3 rings (SSSR count). The van der Waals surface area contributed by atoms with Gasteiger partial charge in [-0.2, -0.15) is 0 Å². The second-order valence-electron chi connectivity index (χ2n) is 5.14. The molecule has 2 heterocycles. The SMILES string of the molecule is Cc1nnc(CCC2(c3ccccc3)CCNC(=O)O2)o1. The third-order valence-corrected chi connectivity index (χ3v) is 3.70. The summed E-state index contributed by atoms with van der Waals surface area (Å²) in [6.07, 6.45) is 1.53. The second-order valence-corrected chi connectivity index (χ2v) is 5.14. The van der Waals surface area contributed by atoms with Crippen molar-refractivity contribution in [1.82, 2.24) is 15.5 Å². The van der Waals surface area contributed by atoms with Gasteiger partial charge in [0.05, 0.1) is 0 Å². The largest absolute Gasteiger partial charge is 0.438 e. The van der Waals surface area contributed by atoms with Crippen LogP contribution < -0.4 is 5.32 Å². The second kappa shape index (κ2) is 5.55. The van der Waals surface area contributed by atoms with Gasteiger partial charge < -0.3 is 14.5 Å². The molecule has 1 aliphatic rings. The van der Waals surface area contributed by atoms with Crippen LogP contribution in [0, 0.1) is 6.92 Å². The van der Waals surface area contributed by atoms with E-state index in [0.29, 0.717) is 31.2 Å². The quantitative estimate of drug-likeness (QED) is 0.934. The summed E-state index contributed by atoms with van der Waals surface area (Å²) in [5, 5.41) is 10.5. The zero-order chi connectivity index (χ0) is 14.7. The molecule has 1 aromatic heterocycles. The third-order valence-electron chi connectivity index (χ3n) is 3.70. The Hall–Kier alpha value is -2.37. The van der Waals surface area contributed by atoms with E-state index >= 15 is 0 Å². The first-order valence-electron chi connectivity index (χ1n) is 6.99. The van der Waals surface area contributed by atoms with Crippen molar-refractivity contribution in [1.29, 1.82) is 0 Å². The topological polar surface area (TPSA) is 77.2 Å². The molecule has 21 heavy (non-hydrogen) atoms. The molecule has 0 bridgehead atoms. The number of aromatic nitrogens is 2. The Morgan fingerprint density at radius 3 is 2.76 bits per heavy atom. The van der Waals surface area contributed by atoms with E-state index < -0.39 is 5.60 Å². The molecule has 2 aromatic rings. The fourth-order valence-electron chi connectivity index (χ4n) is 2.64. The van der Waals surface area contributed by atoms with E-state index in [4.69, 9.17) is 9.15 Å². The van der Waals surface area contributed by atoms with Gasteiger partial charge in [0, 0.05) is 32.7 Å². The highest BCUT2D eigenvalue weighted by Gasteiger charge is 2.39. The average molecular weight is 287 g/mol. The number of cyclic esters (lactones) is 1. The number of nitrogens with zero attached hydrogens (tertiary/aromatic N) is 2. The predicted octanol–water partition coefficient (Wildman–Crippen LogP) is 2.34. The number of rotatable bonds is 4. The van der Waals surface area contributed by atoms with Crippen molar-refractivity contribution in [3.63, 3.8) is 0 Å². The molecular formula is C15H17N3O3. The van der Waals surface area contributed by atoms with Crippen molar-refractivity contribution >= 4 is 6.09 Å². The Morgan fingerprint density at radius 1 is 1.29 bits per heavy atom. The van der Waals surface area contributed by atoms with E-state index in [1.807, 2.05) is 30.3 Å². The van der Waals surface area contributed by atoms with Crippen LogP contribution in [0.1, 0.15) is 30.2 Å². The van der Waals surface area contributed by atoms with Gasteiger partial charge in [-0.15, -0.1) is 10.2 Å². The number of carbonyl (C=O) groups excluding carboxylic acids is 1. The van der Waals surface area contributed by atoms with Crippen LogP contribution in [-0.4, -0.2) is 22.8 Å². The molecule has 0 saturated carbocycles. The van der Waals surface area contributed by atoms with E-state index in [-0.39, 0.29) is 6.09 Å². The minimum atomic E-state index is -0.633. The summed E-state index contributed by atoms with van der Waals surface area (Å²) in [5.41, 5.74) is 0.363. The van der Waals surface area contributed by atoms with Gasteiger partial charge >= 0.3 is 6.09 Å². The molecule has 1 aliphatic heterocycles. The fraction of sp³-hybridized carbons (Fsp3) is 0.400. The number of alkyl carbamates (subject to hydrolysis) is 1. The lowest BCUT2D eigenvalue weighted by molar-refractivity contribution is -0.0244. The van der Waals surface area contributed by atoms with Crippen LogP contribution in [0.2, 0.25) is 0 Å². The van der Waals surface area contributed by atoms with Crippen LogP contribution in [0.25, 0.3) is 0 Å². The lowest BCUT2D eigenvalue weighted by Gasteiger charge is -2.37. The van der Waals surface area contributed by atoms with Crippen molar-refractivity contribution in [2.45, 2.75) is 31.8 Å². The molecule has 1 saturated heterocycles. The van der Waals surface area contributed by atoms with Crippen molar-refractivity contribution in [3.05, 3.63) is 47.7 Å². The van der Waals surface area contributed by atoms with Crippen LogP contribution in [0.4, 0.5) is 4.79 Å². The molecule has 1 fully saturated rings. The summed E-state index contributed by atoms with van der Waals surface area (Å²) in [5.74, 6) is 1.11. The summed E-state index contributed by atoms with van der Waals surface area (Å²) in [6, 6.07) is 9.81. The van der Waals surface area contributed by atoms with Gasteiger partial charge in [0.2, 0.25) is 11.8 Å². The summed E-state index contributed by atoms with van der Waals surface area (Å²) in [4.78, 5) is 11.7. The first kappa shape index (κ1) is 13.6. The first-order valence-corrected chi connectivity index (χ1v) is 6.99. The van der Waals surface area contributed by atoms with Gasteiger partial charge in [0.25, 0.3) is 0 Å². The molecule has 1 amide bonds. The van der Waals surface area contributed by atoms with Crippen molar-refractivity contribution in [3.8, 4) is 0 Å². The normalized spacial score (nSPS) is 21.7. The van der Waals surface area contributed by atoms with Crippen molar-refractivity contribution in [2.75, 3.05) is 6.54 Å². The number of hydrogen-bond acceptors (Lipinski definition) is 5. The number of carbonyl (C=O) groups is 1. The van der Waals surface area contributed by atoms with E-state index in [1.54, 1.807) is 6.92 Å². The summed E-state index contributed by atoms with van der Waals surface area (Å²) >= 11 is 0. The summed E-state index contributed by atoms with van der Waals surface area (Å²) < 4.78 is 11.1. The van der Waals surface area contributed by atoms with Crippen LogP contribution in [-0.2, 0) is 16.8 Å². The van der Waals surface area contributed by atoms with Gasteiger partial charge in [-0.25, -0.2) is 4.79 Å². The highest BCUT2D eigenvalue weighted by Crippen LogP contribution is 2.36. The molecule has 1 unspecified atom stereocenters. The zero-order valence-electron chi connectivity index (χ0n) is 11.8. The molecule has 6 heteroatoms. The molecule has 1 N–H and O–H groups in total. The Labute approximate surface area is 122 Å². The summed E-state index contributed by atoms with van der Waals surface area (Å²) in [6.45, 7) is 2.35. The Bertz CT molecular complexity index is 626. The Morgan fingerprint density at radius 2 is 2.10 bits per heavy atom. The lowest BCUT2D eigenvalue weighted by Crippen LogP contribution is -2.45. The maximum absolute atomic E-state index is 11.7. The van der Waals surface area contributed by atoms with Crippen LogP contribution in [0.15, 0.2) is 34.7 Å². The van der Waals surface area contributed by atoms with Crippen LogP contribution >= 0.6 is 0 Å². The standard InChI is InChI=1S/C15H17N3O3/c1-11-17-18-13(20-11)7-8-15(9-10-16-14(19)21-15)12-5-3-2-4-6-12/h2-6H,7-10H2,1H3,(H,16,19). The Balaban J connectivity index is 1.84. The lowest BCUT2D eigenvalue weighted by atomic mass is 9.85. The van der Waals surface area contributed by atoms with Gasteiger partial charge in [0.15, 0.2) is 0 Å². The zero-order valence-corrected chi connectivity index (χ0v) is 11.8. The highest BCUT2D eigenvalue weighted by atomic mass is 16.6. The Kier molecular flexibility index (Phi) is 3.60. The highest BCUT2D eigenvalue weighted by molar-refractivity contribution is 5.68. The monoisotopic (exact) mass is 287 g/mol. The molecule has 0 radical (unpaired) electrons. The minimum Gasteiger partial charge on any atom is -0.438 e. The fourth-order valence-corrected chi connectivity index (χ4v) is 2.64. The van der Waals surface area contributed by atoms with Crippen molar-refractivity contribution in [2.24, 2.45) is 0 Å². The smallest absolute Gasteiger partial charge is 0.408 e. The maximum atomic E-state index is 11.7. The van der Waals surface area contributed by atoms with Gasteiger partial charge in [0.1, 0.15) is 5.60 Å².